The summed E-state index contributed by atoms with van der Waals surface area (Å²) in [6.45, 7) is 2.99. The van der Waals surface area contributed by atoms with Gasteiger partial charge in [0.25, 0.3) is 0 Å². The minimum absolute atomic E-state index is 0.0352. The van der Waals surface area contributed by atoms with E-state index in [9.17, 15) is 22.4 Å². The number of likely N-dealkylation sites (N-methyl/N-ethyl adjacent to an activating group) is 2. The monoisotopic (exact) mass is 646 g/mol. The number of anilines is 1. The minimum Gasteiger partial charge on any atom is -0.433 e. The van der Waals surface area contributed by atoms with Gasteiger partial charge in [0.2, 0.25) is 11.6 Å². The highest BCUT2D eigenvalue weighted by atomic mass is 19.3. The second-order valence-corrected chi connectivity index (χ2v) is 9.74. The number of aromatic nitrogens is 3. The van der Waals surface area contributed by atoms with Crippen LogP contribution in [0.3, 0.4) is 0 Å². The van der Waals surface area contributed by atoms with E-state index in [4.69, 9.17) is 9.47 Å². The first-order valence-electron chi connectivity index (χ1n) is 14.4. The van der Waals surface area contributed by atoms with E-state index in [1.807, 2.05) is 13.0 Å². The van der Waals surface area contributed by atoms with Crippen LogP contribution in [0.2, 0.25) is 0 Å². The van der Waals surface area contributed by atoms with Crippen LogP contribution in [0.15, 0.2) is 72.2 Å². The molecular weight excluding hydrogens is 608 g/mol. The molecule has 0 saturated carbocycles. The van der Waals surface area contributed by atoms with Gasteiger partial charge in [-0.05, 0) is 61.0 Å². The largest absolute Gasteiger partial charge is 0.433 e. The number of allylic oxidation sites excluding steroid dienone is 2. The zero-order chi connectivity index (χ0) is 33.6. The van der Waals surface area contributed by atoms with Crippen LogP contribution < -0.4 is 15.4 Å². The number of pyridine rings is 1. The van der Waals surface area contributed by atoms with Crippen LogP contribution in [0.5, 0.6) is 11.6 Å². The molecule has 14 heteroatoms. The van der Waals surface area contributed by atoms with E-state index in [1.165, 1.54) is 47.4 Å². The molecule has 2 heterocycles. The van der Waals surface area contributed by atoms with Gasteiger partial charge in [-0.25, -0.2) is 18.4 Å². The number of para-hydroxylation sites is 1. The molecule has 0 fully saturated rings. The molecule has 0 aliphatic heterocycles. The molecule has 46 heavy (non-hydrogen) atoms. The van der Waals surface area contributed by atoms with Gasteiger partial charge in [0.15, 0.2) is 17.4 Å². The van der Waals surface area contributed by atoms with Gasteiger partial charge in [-0.2, -0.15) is 13.9 Å². The predicted octanol–water partition coefficient (Wildman–Crippen LogP) is 5.66. The van der Waals surface area contributed by atoms with Crippen molar-refractivity contribution in [1.82, 2.24) is 25.0 Å². The zero-order valence-corrected chi connectivity index (χ0v) is 26.3. The SMILES string of the molecule is CCN(C\C=C(NC)/C(=C\COC(F)F)/C=C/C(=O)c1cnn(-c2cnc(Oc3c(F)cccc3F)cc2C)c1NC)CCOC. The highest BCUT2D eigenvalue weighted by Gasteiger charge is 2.19. The number of carbonyl (C=O) groups excluding carboxylic acids is 1. The van der Waals surface area contributed by atoms with E-state index in [-0.39, 0.29) is 18.1 Å². The summed E-state index contributed by atoms with van der Waals surface area (Å²) in [4.78, 5) is 19.7. The summed E-state index contributed by atoms with van der Waals surface area (Å²) in [5.41, 5.74) is 2.38. The van der Waals surface area contributed by atoms with E-state index in [1.54, 1.807) is 28.1 Å². The Hall–Kier alpha value is -4.53. The Labute approximate surface area is 265 Å². The third kappa shape index (κ3) is 9.73. The second-order valence-electron chi connectivity index (χ2n) is 9.74. The van der Waals surface area contributed by atoms with Crippen LogP contribution in [-0.4, -0.2) is 86.1 Å². The Morgan fingerprint density at radius 2 is 1.87 bits per heavy atom. The summed E-state index contributed by atoms with van der Waals surface area (Å²) in [6.07, 6.45) is 8.96. The topological polar surface area (TPSA) is 103 Å². The van der Waals surface area contributed by atoms with E-state index in [0.717, 1.165) is 18.7 Å². The van der Waals surface area contributed by atoms with Crippen molar-refractivity contribution < 1.29 is 36.6 Å². The van der Waals surface area contributed by atoms with Gasteiger partial charge in [-0.15, -0.1) is 0 Å². The molecule has 0 aliphatic rings. The summed E-state index contributed by atoms with van der Waals surface area (Å²) in [5.74, 6) is -2.41. The van der Waals surface area contributed by atoms with E-state index in [2.05, 4.69) is 30.4 Å². The Kier molecular flexibility index (Phi) is 13.9. The van der Waals surface area contributed by atoms with E-state index >= 15 is 0 Å². The Bertz CT molecular complexity index is 1540. The lowest BCUT2D eigenvalue weighted by Crippen LogP contribution is -2.28. The highest BCUT2D eigenvalue weighted by Crippen LogP contribution is 2.29. The maximum absolute atomic E-state index is 14.0. The first-order chi connectivity index (χ1) is 22.1. The third-order valence-corrected chi connectivity index (χ3v) is 6.82. The molecule has 10 nitrogen and oxygen atoms in total. The summed E-state index contributed by atoms with van der Waals surface area (Å²) in [7, 11) is 4.93. The number of ketones is 1. The number of rotatable bonds is 18. The molecule has 0 spiro atoms. The van der Waals surface area contributed by atoms with Gasteiger partial charge >= 0.3 is 6.61 Å². The van der Waals surface area contributed by atoms with Crippen LogP contribution in [0.4, 0.5) is 23.4 Å². The number of ether oxygens (including phenoxy) is 3. The van der Waals surface area contributed by atoms with E-state index < -0.39 is 29.8 Å². The zero-order valence-electron chi connectivity index (χ0n) is 26.3. The highest BCUT2D eigenvalue weighted by molar-refractivity contribution is 6.08. The van der Waals surface area contributed by atoms with Crippen LogP contribution in [0.25, 0.3) is 5.69 Å². The molecule has 3 aromatic rings. The number of methoxy groups -OCH3 is 1. The van der Waals surface area contributed by atoms with Crippen LogP contribution >= 0.6 is 0 Å². The van der Waals surface area contributed by atoms with E-state index in [0.29, 0.717) is 48.0 Å². The fraction of sp³-hybridized carbons (Fsp3) is 0.344. The van der Waals surface area contributed by atoms with Crippen LogP contribution in [0.1, 0.15) is 22.8 Å². The van der Waals surface area contributed by atoms with Gasteiger partial charge in [0.1, 0.15) is 5.82 Å². The lowest BCUT2D eigenvalue weighted by Gasteiger charge is -2.19. The maximum atomic E-state index is 14.0. The van der Waals surface area contributed by atoms with Crippen molar-refractivity contribution >= 4 is 11.6 Å². The molecule has 0 amide bonds. The summed E-state index contributed by atoms with van der Waals surface area (Å²) in [5, 5.41) is 10.4. The van der Waals surface area contributed by atoms with Crippen molar-refractivity contribution in [2.45, 2.75) is 20.5 Å². The first-order valence-corrected chi connectivity index (χ1v) is 14.4. The number of benzene rings is 1. The van der Waals surface area contributed by atoms with Crippen molar-refractivity contribution in [3.8, 4) is 17.3 Å². The molecule has 0 atom stereocenters. The average Bonchev–Trinajstić information content (AvgIpc) is 3.46. The van der Waals surface area contributed by atoms with Crippen molar-refractivity contribution in [3.63, 3.8) is 0 Å². The first kappa shape index (κ1) is 35.9. The van der Waals surface area contributed by atoms with Crippen molar-refractivity contribution in [3.05, 3.63) is 95.0 Å². The van der Waals surface area contributed by atoms with Crippen molar-refractivity contribution in [2.24, 2.45) is 0 Å². The molecule has 0 aliphatic carbocycles. The average molecular weight is 647 g/mol. The van der Waals surface area contributed by atoms with Gasteiger partial charge in [0, 0.05) is 46.1 Å². The summed E-state index contributed by atoms with van der Waals surface area (Å²) in [6, 6.07) is 4.87. The molecule has 1 aromatic carbocycles. The molecule has 0 unspecified atom stereocenters. The van der Waals surface area contributed by atoms with Gasteiger partial charge < -0.3 is 24.8 Å². The lowest BCUT2D eigenvalue weighted by atomic mass is 10.1. The quantitative estimate of drug-likeness (QED) is 0.0784. The summed E-state index contributed by atoms with van der Waals surface area (Å²) < 4.78 is 69.9. The second kappa shape index (κ2) is 17.8. The van der Waals surface area contributed by atoms with Crippen LogP contribution in [-0.2, 0) is 9.47 Å². The summed E-state index contributed by atoms with van der Waals surface area (Å²) >= 11 is 0. The number of nitrogens with zero attached hydrogens (tertiary/aromatic N) is 4. The fourth-order valence-electron chi connectivity index (χ4n) is 4.35. The number of alkyl halides is 2. The van der Waals surface area contributed by atoms with Gasteiger partial charge in [-0.3, -0.25) is 9.69 Å². The molecular formula is C32H38F4N6O4. The minimum atomic E-state index is -2.95. The molecule has 3 rings (SSSR count). The Morgan fingerprint density at radius 3 is 2.48 bits per heavy atom. The van der Waals surface area contributed by atoms with Gasteiger partial charge in [0.05, 0.1) is 36.9 Å². The number of hydrogen-bond acceptors (Lipinski definition) is 9. The molecule has 2 aromatic heterocycles. The molecule has 0 radical (unpaired) electrons. The smallest absolute Gasteiger partial charge is 0.345 e. The number of nitrogens with one attached hydrogen (secondary N) is 2. The number of aryl methyl sites for hydroxylation is 1. The molecule has 248 valence electrons. The predicted molar refractivity (Wildman–Crippen MR) is 167 cm³/mol. The van der Waals surface area contributed by atoms with Crippen molar-refractivity contribution in [1.29, 1.82) is 0 Å². The number of hydrogen-bond donors (Lipinski definition) is 2. The number of carbonyl (C=O) groups is 1. The van der Waals surface area contributed by atoms with Crippen molar-refractivity contribution in [2.75, 3.05) is 59.4 Å². The normalized spacial score (nSPS) is 12.4. The molecule has 0 saturated heterocycles. The Morgan fingerprint density at radius 1 is 1.13 bits per heavy atom. The standard InChI is InChI=1S/C32H38F4N6O4/c1-6-41(15-17-44-5)14-12-26(37-3)22(13-16-45-32(35)36)10-11-28(43)23-19-40-42(31(23)38-4)27-20-39-29(18-21(27)2)46-30-24(33)8-7-9-25(30)34/h7-13,18-20,32,37-38H,6,14-17H2,1-5H3/b11-10+,22-13-,26-12+. The fourth-order valence-corrected chi connectivity index (χ4v) is 4.35. The van der Waals surface area contributed by atoms with Gasteiger partial charge in [-0.1, -0.05) is 13.0 Å². The maximum Gasteiger partial charge on any atom is 0.345 e. The third-order valence-electron chi connectivity index (χ3n) is 6.82. The van der Waals surface area contributed by atoms with Crippen LogP contribution in [0, 0.1) is 18.6 Å². The lowest BCUT2D eigenvalue weighted by molar-refractivity contribution is -0.119. The molecule has 0 bridgehead atoms. The number of halogens is 4. The Balaban J connectivity index is 1.87. The molecule has 2 N–H and O–H groups in total.